The van der Waals surface area contributed by atoms with E-state index < -0.39 is 6.29 Å². The number of rotatable bonds is 9. The van der Waals surface area contributed by atoms with Crippen LogP contribution >= 0.6 is 0 Å². The molecule has 5 aliphatic carbocycles. The molecule has 7 aliphatic rings. The van der Waals surface area contributed by atoms with Crippen molar-refractivity contribution in [2.75, 3.05) is 13.1 Å². The number of carbonyl (C=O) groups is 1. The van der Waals surface area contributed by atoms with Gasteiger partial charge in [-0.15, -0.1) is 0 Å². The van der Waals surface area contributed by atoms with Gasteiger partial charge in [-0.2, -0.15) is 0 Å². The van der Waals surface area contributed by atoms with E-state index in [2.05, 4.69) is 104 Å². The molecule has 5 saturated carbocycles. The van der Waals surface area contributed by atoms with Crippen molar-refractivity contribution in [3.05, 3.63) is 95.1 Å². The highest BCUT2D eigenvalue weighted by Gasteiger charge is 2.52. The number of nitrogens with zero attached hydrogens (tertiary/aromatic N) is 1. The molecule has 2 amide bonds. The molecule has 2 unspecified atom stereocenters. The highest BCUT2D eigenvalue weighted by atomic mass is 16.7. The Morgan fingerprint density at radius 3 is 2.19 bits per heavy atom. The van der Waals surface area contributed by atoms with Gasteiger partial charge in [0.05, 0.1) is 18.8 Å². The van der Waals surface area contributed by atoms with Crippen molar-refractivity contribution in [3.8, 4) is 11.1 Å². The van der Waals surface area contributed by atoms with E-state index in [1.165, 1.54) is 38.5 Å². The van der Waals surface area contributed by atoms with Crippen LogP contribution in [0, 0.1) is 34.5 Å². The van der Waals surface area contributed by atoms with Crippen molar-refractivity contribution < 1.29 is 19.4 Å². The Labute approximate surface area is 322 Å². The molecule has 0 spiro atoms. The summed E-state index contributed by atoms with van der Waals surface area (Å²) in [6, 6.07) is 25.9. The van der Waals surface area contributed by atoms with E-state index in [1.54, 1.807) is 0 Å². The van der Waals surface area contributed by atoms with Crippen LogP contribution in [0.5, 0.6) is 0 Å². The van der Waals surface area contributed by atoms with Crippen LogP contribution in [0.2, 0.25) is 0 Å². The second kappa shape index (κ2) is 14.1. The number of benzene rings is 3. The topological polar surface area (TPSA) is 83.1 Å². The number of likely N-dealkylation sites (tertiary alicyclic amines) is 1. The molecule has 3 N–H and O–H groups in total. The van der Waals surface area contributed by atoms with Crippen LogP contribution in [0.4, 0.5) is 4.79 Å². The quantitative estimate of drug-likeness (QED) is 0.204. The maximum atomic E-state index is 13.2. The van der Waals surface area contributed by atoms with Gasteiger partial charge in [-0.1, -0.05) is 94.4 Å². The van der Waals surface area contributed by atoms with E-state index in [4.69, 9.17) is 9.47 Å². The fourth-order valence-electron chi connectivity index (χ4n) is 12.8. The monoisotopic (exact) mass is 731 g/mol. The molecule has 0 radical (unpaired) electrons. The first-order valence-corrected chi connectivity index (χ1v) is 20.9. The molecule has 7 fully saturated rings. The van der Waals surface area contributed by atoms with Crippen LogP contribution in [-0.4, -0.2) is 46.8 Å². The third-order valence-corrected chi connectivity index (χ3v) is 14.4. The van der Waals surface area contributed by atoms with E-state index in [-0.39, 0.29) is 36.3 Å². The minimum absolute atomic E-state index is 0.0134. The molecule has 10 rings (SSSR count). The molecular formula is C47H61N3O4. The van der Waals surface area contributed by atoms with Gasteiger partial charge in [-0.25, -0.2) is 4.79 Å². The standard InChI is InChI=1S/C47H61N3O4/c1-30-41(26-50-29-46(4)24-40(50)23-45(2,3)28-46)53-43(54-42(30)37-10-8-31(27-51)9-11-37)38-14-12-36(13-15-38)39-7-5-6-32(19-39)25-48-44(52)49-47-20-33-16-34(21-47)18-35(17-33)22-47/h5-15,19,30,33-35,40-43,51H,16-18,20-29H2,1-4H3,(H2,48,49,52)/t30-,33?,34?,35?,40?,41+,42+,43+,46?,47?/m1/s1. The third-order valence-electron chi connectivity index (χ3n) is 14.4. The highest BCUT2D eigenvalue weighted by Crippen LogP contribution is 2.56. The minimum Gasteiger partial charge on any atom is -0.392 e. The third kappa shape index (κ3) is 7.38. The summed E-state index contributed by atoms with van der Waals surface area (Å²) in [6.45, 7) is 12.2. The van der Waals surface area contributed by atoms with Crippen molar-refractivity contribution in [3.63, 3.8) is 0 Å². The molecule has 3 aromatic rings. The Morgan fingerprint density at radius 1 is 0.815 bits per heavy atom. The van der Waals surface area contributed by atoms with Gasteiger partial charge in [-0.3, -0.25) is 4.90 Å². The number of aliphatic hydroxyl groups excluding tert-OH is 1. The average Bonchev–Trinajstić information content (AvgIpc) is 3.37. The van der Waals surface area contributed by atoms with E-state index in [1.807, 2.05) is 12.1 Å². The van der Waals surface area contributed by atoms with Crippen LogP contribution in [0.25, 0.3) is 11.1 Å². The largest absolute Gasteiger partial charge is 0.392 e. The first kappa shape index (κ1) is 36.4. The zero-order valence-corrected chi connectivity index (χ0v) is 32.9. The van der Waals surface area contributed by atoms with Crippen molar-refractivity contribution in [2.24, 2.45) is 34.5 Å². The second-order valence-corrected chi connectivity index (χ2v) is 19.8. The van der Waals surface area contributed by atoms with Gasteiger partial charge in [0.1, 0.15) is 0 Å². The molecule has 7 nitrogen and oxygen atoms in total. The molecular weight excluding hydrogens is 671 g/mol. The number of nitrogens with one attached hydrogen (secondary N) is 2. The summed E-state index contributed by atoms with van der Waals surface area (Å²) in [4.78, 5) is 15.9. The Hall–Kier alpha value is -3.23. The maximum Gasteiger partial charge on any atom is 0.315 e. The van der Waals surface area contributed by atoms with E-state index in [0.717, 1.165) is 83.5 Å². The van der Waals surface area contributed by atoms with E-state index in [9.17, 15) is 9.90 Å². The molecule has 2 saturated heterocycles. The van der Waals surface area contributed by atoms with Crippen molar-refractivity contribution >= 4 is 6.03 Å². The fourth-order valence-corrected chi connectivity index (χ4v) is 12.8. The van der Waals surface area contributed by atoms with Crippen molar-refractivity contribution in [2.45, 2.75) is 129 Å². The Kier molecular flexibility index (Phi) is 9.48. The smallest absolute Gasteiger partial charge is 0.315 e. The number of carbonyl (C=O) groups excluding carboxylic acids is 1. The Bertz CT molecular complexity index is 1790. The number of hydrogen-bond acceptors (Lipinski definition) is 5. The lowest BCUT2D eigenvalue weighted by molar-refractivity contribution is -0.276. The number of aliphatic hydroxyl groups is 1. The summed E-state index contributed by atoms with van der Waals surface area (Å²) in [6.07, 6.45) is 10.8. The van der Waals surface area contributed by atoms with Gasteiger partial charge in [0.25, 0.3) is 0 Å². The predicted molar refractivity (Wildman–Crippen MR) is 212 cm³/mol. The first-order chi connectivity index (χ1) is 25.9. The summed E-state index contributed by atoms with van der Waals surface area (Å²) < 4.78 is 13.8. The molecule has 54 heavy (non-hydrogen) atoms. The number of hydrogen-bond donors (Lipinski definition) is 3. The number of ether oxygens (including phenoxy) is 2. The lowest BCUT2D eigenvalue weighted by Gasteiger charge is -2.56. The van der Waals surface area contributed by atoms with Gasteiger partial charge >= 0.3 is 6.03 Å². The number of urea groups is 1. The summed E-state index contributed by atoms with van der Waals surface area (Å²) in [5.74, 6) is 2.57. The summed E-state index contributed by atoms with van der Waals surface area (Å²) in [5.41, 5.74) is 7.13. The zero-order valence-electron chi connectivity index (χ0n) is 32.9. The molecule has 288 valence electrons. The van der Waals surface area contributed by atoms with Gasteiger partial charge in [0.15, 0.2) is 6.29 Å². The normalized spacial score (nSPS) is 36.6. The Morgan fingerprint density at radius 2 is 1.50 bits per heavy atom. The summed E-state index contributed by atoms with van der Waals surface area (Å²) in [7, 11) is 0. The van der Waals surface area contributed by atoms with Crippen LogP contribution in [0.15, 0.2) is 72.8 Å². The molecule has 3 aromatic carbocycles. The molecule has 6 atom stereocenters. The van der Waals surface area contributed by atoms with Crippen LogP contribution in [-0.2, 0) is 22.6 Å². The molecule has 6 bridgehead atoms. The SMILES string of the molecule is C[C@@H]1[C@H](CN2CC3(C)CC2CC(C)(C)C3)O[C@H](c2ccc(-c3cccc(CNC(=O)NC45CC6CC(CC(C6)C4)C5)c3)cc2)O[C@@H]1c1ccc(CO)cc1. The molecule has 0 aromatic heterocycles. The fraction of sp³-hybridized carbons (Fsp3) is 0.596. The zero-order chi connectivity index (χ0) is 37.2. The van der Waals surface area contributed by atoms with E-state index in [0.29, 0.717) is 23.4 Å². The number of fused-ring (bicyclic) bond motifs is 2. The van der Waals surface area contributed by atoms with Crippen LogP contribution < -0.4 is 10.6 Å². The van der Waals surface area contributed by atoms with Gasteiger partial charge < -0.3 is 25.2 Å². The average molecular weight is 732 g/mol. The van der Waals surface area contributed by atoms with E-state index >= 15 is 0 Å². The van der Waals surface area contributed by atoms with Crippen molar-refractivity contribution in [1.29, 1.82) is 0 Å². The predicted octanol–water partition coefficient (Wildman–Crippen LogP) is 9.31. The minimum atomic E-state index is -0.486. The lowest BCUT2D eigenvalue weighted by Crippen LogP contribution is -2.61. The van der Waals surface area contributed by atoms with Gasteiger partial charge in [-0.05, 0) is 120 Å². The Balaban J connectivity index is 0.884. The lowest BCUT2D eigenvalue weighted by atomic mass is 9.53. The van der Waals surface area contributed by atoms with Crippen LogP contribution in [0.3, 0.4) is 0 Å². The molecule has 7 heteroatoms. The van der Waals surface area contributed by atoms with Gasteiger partial charge in [0.2, 0.25) is 0 Å². The maximum absolute atomic E-state index is 13.2. The van der Waals surface area contributed by atoms with Crippen LogP contribution in [0.1, 0.15) is 120 Å². The second-order valence-electron chi connectivity index (χ2n) is 19.8. The highest BCUT2D eigenvalue weighted by molar-refractivity contribution is 5.75. The summed E-state index contributed by atoms with van der Waals surface area (Å²) in [5, 5.41) is 16.3. The molecule has 2 aliphatic heterocycles. The number of amides is 2. The summed E-state index contributed by atoms with van der Waals surface area (Å²) >= 11 is 0. The van der Waals surface area contributed by atoms with Gasteiger partial charge in [0, 0.05) is 42.7 Å². The van der Waals surface area contributed by atoms with Crippen molar-refractivity contribution in [1.82, 2.24) is 15.5 Å². The molecule has 2 heterocycles. The first-order valence-electron chi connectivity index (χ1n) is 20.9.